The molecule has 1 N–H and O–H groups in total. The smallest absolute Gasteiger partial charge is 0.159 e. The zero-order chi connectivity index (χ0) is 10.7. The summed E-state index contributed by atoms with van der Waals surface area (Å²) >= 11 is 0. The van der Waals surface area contributed by atoms with Crippen LogP contribution in [0.5, 0.6) is 0 Å². The summed E-state index contributed by atoms with van der Waals surface area (Å²) in [6, 6.07) is 3.28. The van der Waals surface area contributed by atoms with Crippen LogP contribution in [0.15, 0.2) is 18.2 Å². The quantitative estimate of drug-likeness (QED) is 0.801. The molecule has 1 rings (SSSR count). The van der Waals surface area contributed by atoms with Gasteiger partial charge in [-0.2, -0.15) is 0 Å². The van der Waals surface area contributed by atoms with Gasteiger partial charge in [-0.3, -0.25) is 4.79 Å². The van der Waals surface area contributed by atoms with Crippen LogP contribution in [0.4, 0.5) is 8.78 Å². The maximum Gasteiger partial charge on any atom is 0.159 e. The van der Waals surface area contributed by atoms with Gasteiger partial charge in [-0.05, 0) is 24.6 Å². The number of aliphatic hydroxyl groups excluding tert-OH is 1. The minimum absolute atomic E-state index is 0.00648. The van der Waals surface area contributed by atoms with Crippen molar-refractivity contribution in [1.82, 2.24) is 0 Å². The summed E-state index contributed by atoms with van der Waals surface area (Å²) in [6.45, 7) is 1.24. The Morgan fingerprint density at radius 1 is 1.43 bits per heavy atom. The van der Waals surface area contributed by atoms with Crippen molar-refractivity contribution >= 4 is 5.78 Å². The van der Waals surface area contributed by atoms with Crippen molar-refractivity contribution in [3.8, 4) is 0 Å². The van der Waals surface area contributed by atoms with Crippen molar-refractivity contribution in [3.05, 3.63) is 35.4 Å². The second-order valence-corrected chi connectivity index (χ2v) is 3.08. The molecule has 0 radical (unpaired) electrons. The predicted molar refractivity (Wildman–Crippen MR) is 46.7 cm³/mol. The minimum Gasteiger partial charge on any atom is -0.385 e. The molecule has 0 fully saturated rings. The van der Waals surface area contributed by atoms with Crippen LogP contribution < -0.4 is 0 Å². The van der Waals surface area contributed by atoms with Gasteiger partial charge in [0, 0.05) is 6.42 Å². The van der Waals surface area contributed by atoms with Gasteiger partial charge in [-0.15, -0.1) is 0 Å². The lowest BCUT2D eigenvalue weighted by Gasteiger charge is -2.06. The number of carbonyl (C=O) groups excluding carboxylic acids is 1. The van der Waals surface area contributed by atoms with E-state index < -0.39 is 23.5 Å². The lowest BCUT2D eigenvalue weighted by Crippen LogP contribution is -2.19. The van der Waals surface area contributed by atoms with E-state index in [0.717, 1.165) is 12.1 Å². The summed E-state index contributed by atoms with van der Waals surface area (Å²) in [4.78, 5) is 10.7. The van der Waals surface area contributed by atoms with Crippen LogP contribution in [-0.2, 0) is 11.2 Å². The molecule has 0 aliphatic carbocycles. The van der Waals surface area contributed by atoms with E-state index in [1.54, 1.807) is 0 Å². The molecule has 0 bridgehead atoms. The van der Waals surface area contributed by atoms with Crippen molar-refractivity contribution in [3.63, 3.8) is 0 Å². The van der Waals surface area contributed by atoms with Gasteiger partial charge in [-0.25, -0.2) is 8.78 Å². The SMILES string of the molecule is CC(=O)[C@H](O)Cc1ccc(F)c(F)c1. The van der Waals surface area contributed by atoms with Gasteiger partial charge in [0.2, 0.25) is 0 Å². The Morgan fingerprint density at radius 2 is 2.07 bits per heavy atom. The minimum atomic E-state index is -1.15. The van der Waals surface area contributed by atoms with Crippen LogP contribution in [0, 0.1) is 11.6 Å². The molecule has 0 saturated carbocycles. The van der Waals surface area contributed by atoms with E-state index in [0.29, 0.717) is 5.56 Å². The molecule has 1 aromatic rings. The van der Waals surface area contributed by atoms with E-state index in [1.165, 1.54) is 13.0 Å². The Morgan fingerprint density at radius 3 is 2.57 bits per heavy atom. The molecule has 0 heterocycles. The zero-order valence-corrected chi connectivity index (χ0v) is 7.63. The first-order chi connectivity index (χ1) is 6.50. The normalized spacial score (nSPS) is 12.6. The summed E-state index contributed by atoms with van der Waals surface area (Å²) in [5, 5.41) is 9.17. The third-order valence-corrected chi connectivity index (χ3v) is 1.88. The van der Waals surface area contributed by atoms with Gasteiger partial charge < -0.3 is 5.11 Å². The van der Waals surface area contributed by atoms with E-state index in [-0.39, 0.29) is 6.42 Å². The maximum absolute atomic E-state index is 12.7. The fourth-order valence-corrected chi connectivity index (χ4v) is 1.03. The second kappa shape index (κ2) is 4.28. The van der Waals surface area contributed by atoms with Crippen molar-refractivity contribution < 1.29 is 18.7 Å². The van der Waals surface area contributed by atoms with Gasteiger partial charge in [0.1, 0.15) is 6.10 Å². The maximum atomic E-state index is 12.7. The third kappa shape index (κ3) is 2.60. The van der Waals surface area contributed by atoms with Crippen molar-refractivity contribution in [2.45, 2.75) is 19.4 Å². The molecule has 76 valence electrons. The molecule has 14 heavy (non-hydrogen) atoms. The van der Waals surface area contributed by atoms with Gasteiger partial charge >= 0.3 is 0 Å². The highest BCUT2D eigenvalue weighted by molar-refractivity contribution is 5.80. The summed E-state index contributed by atoms with van der Waals surface area (Å²) in [6.07, 6.45) is -1.15. The Labute approximate surface area is 80.2 Å². The summed E-state index contributed by atoms with van der Waals surface area (Å²) < 4.78 is 25.2. The lowest BCUT2D eigenvalue weighted by atomic mass is 10.1. The summed E-state index contributed by atoms with van der Waals surface area (Å²) in [5.74, 6) is -2.31. The first-order valence-electron chi connectivity index (χ1n) is 4.13. The summed E-state index contributed by atoms with van der Waals surface area (Å²) in [5.41, 5.74) is 0.395. The molecule has 2 nitrogen and oxygen atoms in total. The molecule has 4 heteroatoms. The number of hydrogen-bond donors (Lipinski definition) is 1. The van der Waals surface area contributed by atoms with Crippen molar-refractivity contribution in [1.29, 1.82) is 0 Å². The molecule has 0 saturated heterocycles. The van der Waals surface area contributed by atoms with E-state index in [2.05, 4.69) is 0 Å². The molecule has 0 amide bonds. The molecular weight excluding hydrogens is 190 g/mol. The highest BCUT2D eigenvalue weighted by Gasteiger charge is 2.11. The zero-order valence-electron chi connectivity index (χ0n) is 7.63. The number of Topliss-reactive ketones (excluding diaryl/α,β-unsaturated/α-hetero) is 1. The number of rotatable bonds is 3. The number of carbonyl (C=O) groups is 1. The van der Waals surface area contributed by atoms with Crippen LogP contribution in [0.1, 0.15) is 12.5 Å². The Hall–Kier alpha value is -1.29. The molecule has 0 aliphatic heterocycles. The highest BCUT2D eigenvalue weighted by Crippen LogP contribution is 2.10. The Kier molecular flexibility index (Phi) is 3.30. The lowest BCUT2D eigenvalue weighted by molar-refractivity contribution is -0.124. The van der Waals surface area contributed by atoms with Gasteiger partial charge in [-0.1, -0.05) is 6.07 Å². The van der Waals surface area contributed by atoms with Crippen LogP contribution in [0.3, 0.4) is 0 Å². The van der Waals surface area contributed by atoms with E-state index in [1.807, 2.05) is 0 Å². The van der Waals surface area contributed by atoms with Crippen LogP contribution in [0.2, 0.25) is 0 Å². The first-order valence-corrected chi connectivity index (χ1v) is 4.13. The van der Waals surface area contributed by atoms with E-state index in [9.17, 15) is 18.7 Å². The van der Waals surface area contributed by atoms with Gasteiger partial charge in [0.15, 0.2) is 17.4 Å². The third-order valence-electron chi connectivity index (χ3n) is 1.88. The molecule has 1 atom stereocenters. The molecule has 0 unspecified atom stereocenters. The number of hydrogen-bond acceptors (Lipinski definition) is 2. The summed E-state index contributed by atoms with van der Waals surface area (Å²) in [7, 11) is 0. The average Bonchev–Trinajstić information content (AvgIpc) is 2.11. The fraction of sp³-hybridized carbons (Fsp3) is 0.300. The predicted octanol–water partition coefficient (Wildman–Crippen LogP) is 1.46. The van der Waals surface area contributed by atoms with Crippen LogP contribution >= 0.6 is 0 Å². The van der Waals surface area contributed by atoms with Crippen molar-refractivity contribution in [2.75, 3.05) is 0 Å². The van der Waals surface area contributed by atoms with E-state index >= 15 is 0 Å². The molecular formula is C10H10F2O2. The first kappa shape index (κ1) is 10.8. The Bertz CT molecular complexity index is 350. The number of ketones is 1. The number of halogens is 2. The average molecular weight is 200 g/mol. The molecule has 0 aliphatic rings. The molecule has 1 aromatic carbocycles. The second-order valence-electron chi connectivity index (χ2n) is 3.08. The number of benzene rings is 1. The van der Waals surface area contributed by atoms with Gasteiger partial charge in [0.05, 0.1) is 0 Å². The largest absolute Gasteiger partial charge is 0.385 e. The monoisotopic (exact) mass is 200 g/mol. The fourth-order valence-electron chi connectivity index (χ4n) is 1.03. The van der Waals surface area contributed by atoms with Gasteiger partial charge in [0.25, 0.3) is 0 Å². The number of aliphatic hydroxyl groups is 1. The standard InChI is InChI=1S/C10H10F2O2/c1-6(13)10(14)5-7-2-3-8(11)9(12)4-7/h2-4,10,14H,5H2,1H3/t10-/m1/s1. The molecule has 0 aromatic heterocycles. The van der Waals surface area contributed by atoms with Crippen LogP contribution in [0.25, 0.3) is 0 Å². The van der Waals surface area contributed by atoms with Crippen molar-refractivity contribution in [2.24, 2.45) is 0 Å². The van der Waals surface area contributed by atoms with E-state index in [4.69, 9.17) is 0 Å². The topological polar surface area (TPSA) is 37.3 Å². The highest BCUT2D eigenvalue weighted by atomic mass is 19.2. The van der Waals surface area contributed by atoms with Crippen LogP contribution in [-0.4, -0.2) is 17.0 Å². The Balaban J connectivity index is 2.78. The molecule has 0 spiro atoms.